The molecule has 1 aromatic rings. The zero-order chi connectivity index (χ0) is 27.0. The third kappa shape index (κ3) is 9.48. The summed E-state index contributed by atoms with van der Waals surface area (Å²) in [7, 11) is 0. The van der Waals surface area contributed by atoms with E-state index in [1.54, 1.807) is 45.0 Å². The van der Waals surface area contributed by atoms with Crippen LogP contribution in [0.1, 0.15) is 85.4 Å². The van der Waals surface area contributed by atoms with Crippen LogP contribution in [0.25, 0.3) is 0 Å². The number of terminal acetylenes is 1. The third-order valence-electron chi connectivity index (χ3n) is 5.14. The predicted molar refractivity (Wildman–Crippen MR) is 143 cm³/mol. The summed E-state index contributed by atoms with van der Waals surface area (Å²) in [5.41, 5.74) is -0.215. The van der Waals surface area contributed by atoms with E-state index >= 15 is 0 Å². The Kier molecular flexibility index (Phi) is 11.2. The Morgan fingerprint density at radius 3 is 2.09 bits per heavy atom. The summed E-state index contributed by atoms with van der Waals surface area (Å²) in [4.78, 5) is 41.4. The van der Waals surface area contributed by atoms with Gasteiger partial charge in [-0.3, -0.25) is 9.59 Å². The minimum atomic E-state index is -0.999. The van der Waals surface area contributed by atoms with Gasteiger partial charge in [-0.25, -0.2) is 4.79 Å². The highest BCUT2D eigenvalue weighted by molar-refractivity contribution is 7.80. The maximum absolute atomic E-state index is 13.9. The molecule has 0 saturated heterocycles. The fraction of sp³-hybridized carbons (Fsp3) is 0.593. The Bertz CT molecular complexity index is 910. The van der Waals surface area contributed by atoms with Crippen molar-refractivity contribution >= 4 is 30.5 Å². The summed E-state index contributed by atoms with van der Waals surface area (Å²) >= 11 is 4.31. The second-order valence-electron chi connectivity index (χ2n) is 10.6. The first kappa shape index (κ1) is 30.4. The molecule has 0 heterocycles. The van der Waals surface area contributed by atoms with Crippen molar-refractivity contribution in [2.45, 2.75) is 97.5 Å². The number of amides is 3. The molecular formula is C27H41N3O4S. The number of thiol groups is 1. The number of alkyl carbamates (subject to hydrolysis) is 1. The first-order valence-electron chi connectivity index (χ1n) is 11.9. The summed E-state index contributed by atoms with van der Waals surface area (Å²) < 4.78 is 5.33. The van der Waals surface area contributed by atoms with Crippen LogP contribution < -0.4 is 10.6 Å². The topological polar surface area (TPSA) is 87.7 Å². The van der Waals surface area contributed by atoms with Gasteiger partial charge in [-0.1, -0.05) is 31.4 Å². The van der Waals surface area contributed by atoms with Gasteiger partial charge in [0.1, 0.15) is 17.7 Å². The van der Waals surface area contributed by atoms with Gasteiger partial charge in [-0.2, -0.15) is 12.6 Å². The van der Waals surface area contributed by atoms with E-state index in [9.17, 15) is 14.4 Å². The van der Waals surface area contributed by atoms with Crippen molar-refractivity contribution < 1.29 is 19.1 Å². The molecule has 3 unspecified atom stereocenters. The van der Waals surface area contributed by atoms with Crippen molar-refractivity contribution in [1.29, 1.82) is 0 Å². The molecule has 0 spiro atoms. The van der Waals surface area contributed by atoms with Gasteiger partial charge in [0.2, 0.25) is 11.8 Å². The second kappa shape index (κ2) is 12.9. The van der Waals surface area contributed by atoms with Crippen LogP contribution in [0, 0.1) is 12.3 Å². The van der Waals surface area contributed by atoms with Crippen LogP contribution in [-0.4, -0.2) is 51.8 Å². The molecule has 0 fully saturated rings. The number of nitrogens with one attached hydrogen (secondary N) is 2. The van der Waals surface area contributed by atoms with Crippen molar-refractivity contribution in [3.63, 3.8) is 0 Å². The van der Waals surface area contributed by atoms with Gasteiger partial charge in [0.15, 0.2) is 0 Å². The zero-order valence-corrected chi connectivity index (χ0v) is 23.2. The van der Waals surface area contributed by atoms with E-state index < -0.39 is 35.2 Å². The molecule has 0 aliphatic carbocycles. The van der Waals surface area contributed by atoms with Gasteiger partial charge in [-0.15, -0.1) is 6.42 Å². The molecule has 1 rings (SSSR count). The fourth-order valence-electron chi connectivity index (χ4n) is 3.65. The molecule has 3 amide bonds. The highest BCUT2D eigenvalue weighted by atomic mass is 32.1. The maximum Gasteiger partial charge on any atom is 0.408 e. The second-order valence-corrected chi connectivity index (χ2v) is 11.0. The SMILES string of the molecule is C#Cc1ccc(C(C(=O)NC(C)CCC)N(C(=O)C(CS)NC(=O)OC(C)(C)C)C(C)(C)C)cc1. The number of ether oxygens (including phenoxy) is 1. The number of carbonyl (C=O) groups excluding carboxylic acids is 3. The van der Waals surface area contributed by atoms with E-state index in [0.29, 0.717) is 11.1 Å². The molecule has 7 nitrogen and oxygen atoms in total. The van der Waals surface area contributed by atoms with E-state index in [-0.39, 0.29) is 17.7 Å². The minimum absolute atomic E-state index is 0.0290. The highest BCUT2D eigenvalue weighted by Crippen LogP contribution is 2.30. The maximum atomic E-state index is 13.9. The smallest absolute Gasteiger partial charge is 0.408 e. The Morgan fingerprint density at radius 2 is 1.66 bits per heavy atom. The molecular weight excluding hydrogens is 462 g/mol. The molecule has 3 atom stereocenters. The minimum Gasteiger partial charge on any atom is -0.444 e. The summed E-state index contributed by atoms with van der Waals surface area (Å²) in [6, 6.07) is 4.98. The molecule has 1 aromatic carbocycles. The average Bonchev–Trinajstić information content (AvgIpc) is 2.73. The highest BCUT2D eigenvalue weighted by Gasteiger charge is 2.41. The molecule has 35 heavy (non-hydrogen) atoms. The van der Waals surface area contributed by atoms with E-state index in [1.165, 1.54) is 4.90 Å². The number of benzene rings is 1. The van der Waals surface area contributed by atoms with Crippen LogP contribution in [0.15, 0.2) is 24.3 Å². The lowest BCUT2D eigenvalue weighted by molar-refractivity contribution is -0.148. The molecule has 0 aliphatic heterocycles. The Labute approximate surface area is 216 Å². The van der Waals surface area contributed by atoms with Crippen LogP contribution in [-0.2, 0) is 14.3 Å². The average molecular weight is 504 g/mol. The van der Waals surface area contributed by atoms with Crippen molar-refractivity contribution in [3.05, 3.63) is 35.4 Å². The van der Waals surface area contributed by atoms with E-state index in [4.69, 9.17) is 11.2 Å². The Morgan fingerprint density at radius 1 is 1.09 bits per heavy atom. The first-order chi connectivity index (χ1) is 16.1. The number of carbonyl (C=O) groups is 3. The number of rotatable bonds is 9. The van der Waals surface area contributed by atoms with Crippen molar-refractivity contribution in [2.75, 3.05) is 5.75 Å². The van der Waals surface area contributed by atoms with Crippen molar-refractivity contribution in [3.8, 4) is 12.3 Å². The van der Waals surface area contributed by atoms with E-state index in [1.807, 2.05) is 34.6 Å². The van der Waals surface area contributed by atoms with E-state index in [2.05, 4.69) is 29.2 Å². The molecule has 8 heteroatoms. The fourth-order valence-corrected chi connectivity index (χ4v) is 3.90. The van der Waals surface area contributed by atoms with E-state index in [0.717, 1.165) is 12.8 Å². The Hall–Kier alpha value is -2.66. The number of hydrogen-bond donors (Lipinski definition) is 3. The molecule has 0 aliphatic rings. The summed E-state index contributed by atoms with van der Waals surface area (Å²) in [5.74, 6) is 1.85. The molecule has 0 aromatic heterocycles. The largest absolute Gasteiger partial charge is 0.444 e. The van der Waals surface area contributed by atoms with Crippen LogP contribution in [0.3, 0.4) is 0 Å². The van der Waals surface area contributed by atoms with Crippen molar-refractivity contribution in [2.24, 2.45) is 0 Å². The van der Waals surface area contributed by atoms with Gasteiger partial charge < -0.3 is 20.3 Å². The van der Waals surface area contributed by atoms with Gasteiger partial charge >= 0.3 is 6.09 Å². The lowest BCUT2D eigenvalue weighted by atomic mass is 9.94. The first-order valence-corrected chi connectivity index (χ1v) is 12.6. The standard InChI is InChI=1S/C27H41N3O4S/c1-10-12-18(3)28-23(31)22(20-15-13-19(11-2)14-16-20)30(26(4,5)6)24(32)21(17-35)29-25(33)34-27(7,8)9/h2,13-16,18,21-22,35H,10,12,17H2,1,3-9H3,(H,28,31)(H,29,33). The number of nitrogens with zero attached hydrogens (tertiary/aromatic N) is 1. The predicted octanol–water partition coefficient (Wildman–Crippen LogP) is 4.46. The van der Waals surface area contributed by atoms with Crippen LogP contribution in [0.4, 0.5) is 4.79 Å². The molecule has 2 N–H and O–H groups in total. The molecule has 0 radical (unpaired) electrons. The quantitative estimate of drug-likeness (QED) is 0.343. The third-order valence-corrected chi connectivity index (χ3v) is 5.51. The van der Waals surface area contributed by atoms with Gasteiger partial charge in [0.05, 0.1) is 0 Å². The lowest BCUT2D eigenvalue weighted by Crippen LogP contribution is -2.59. The van der Waals surface area contributed by atoms with Crippen molar-refractivity contribution in [1.82, 2.24) is 15.5 Å². The van der Waals surface area contributed by atoms with Gasteiger partial charge in [0, 0.05) is 22.9 Å². The lowest BCUT2D eigenvalue weighted by Gasteiger charge is -2.43. The zero-order valence-electron chi connectivity index (χ0n) is 22.3. The molecule has 194 valence electrons. The monoisotopic (exact) mass is 503 g/mol. The van der Waals surface area contributed by atoms with Crippen LogP contribution in [0.2, 0.25) is 0 Å². The summed E-state index contributed by atoms with van der Waals surface area (Å²) in [6.45, 7) is 14.7. The summed E-state index contributed by atoms with van der Waals surface area (Å²) in [6.07, 6.45) is 6.49. The van der Waals surface area contributed by atoms with Crippen LogP contribution in [0.5, 0.6) is 0 Å². The Balaban J connectivity index is 3.49. The van der Waals surface area contributed by atoms with Gasteiger partial charge in [0.25, 0.3) is 0 Å². The van der Waals surface area contributed by atoms with Crippen LogP contribution >= 0.6 is 12.6 Å². The summed E-state index contributed by atoms with van der Waals surface area (Å²) in [5, 5.41) is 5.65. The molecule has 0 bridgehead atoms. The van der Waals surface area contributed by atoms with Gasteiger partial charge in [-0.05, 0) is 72.6 Å². The molecule has 0 saturated carbocycles. The normalized spacial score (nSPS) is 14.2. The number of hydrogen-bond acceptors (Lipinski definition) is 5.